The van der Waals surface area contributed by atoms with E-state index in [4.69, 9.17) is 0 Å². The van der Waals surface area contributed by atoms with Crippen LogP contribution in [0.15, 0.2) is 40.8 Å². The van der Waals surface area contributed by atoms with Gasteiger partial charge in [0.05, 0.1) is 5.60 Å². The highest BCUT2D eigenvalue weighted by atomic mass is 32.2. The molecule has 3 heteroatoms. The summed E-state index contributed by atoms with van der Waals surface area (Å²) >= 11 is 2.12. The van der Waals surface area contributed by atoms with E-state index < -0.39 is 5.60 Å². The maximum atomic E-state index is 11.0. The molecule has 1 aliphatic carbocycles. The van der Waals surface area contributed by atoms with Crippen LogP contribution in [0.2, 0.25) is 0 Å². The molecule has 3 aliphatic rings. The number of piperidine rings is 1. The normalized spacial score (nSPS) is 27.3. The number of likely N-dealkylation sites (tertiary alicyclic amines) is 1. The molecule has 1 fully saturated rings. The Morgan fingerprint density at radius 2 is 1.92 bits per heavy atom. The first kappa shape index (κ1) is 16.7. The highest BCUT2D eigenvalue weighted by molar-refractivity contribution is 8.03. The van der Waals surface area contributed by atoms with Gasteiger partial charge in [0.2, 0.25) is 0 Å². The van der Waals surface area contributed by atoms with Crippen LogP contribution in [0, 0.1) is 5.92 Å². The molecule has 1 atom stereocenters. The summed E-state index contributed by atoms with van der Waals surface area (Å²) in [7, 11) is 0. The van der Waals surface area contributed by atoms with Crippen molar-refractivity contribution in [3.63, 3.8) is 0 Å². The lowest BCUT2D eigenvalue weighted by Gasteiger charge is -2.39. The van der Waals surface area contributed by atoms with Crippen molar-refractivity contribution >= 4 is 11.8 Å². The first-order valence-corrected chi connectivity index (χ1v) is 10.6. The van der Waals surface area contributed by atoms with Crippen molar-refractivity contribution in [3.05, 3.63) is 46.4 Å². The van der Waals surface area contributed by atoms with Crippen molar-refractivity contribution in [2.75, 3.05) is 25.4 Å². The molecule has 0 saturated carbocycles. The molecule has 1 N–H and O–H groups in total. The minimum atomic E-state index is -0.611. The summed E-state index contributed by atoms with van der Waals surface area (Å²) in [5.74, 6) is 2.17. The Morgan fingerprint density at radius 3 is 2.71 bits per heavy atom. The van der Waals surface area contributed by atoms with Gasteiger partial charge in [-0.05, 0) is 67.9 Å². The van der Waals surface area contributed by atoms with Crippen LogP contribution in [0.4, 0.5) is 0 Å². The molecule has 0 amide bonds. The van der Waals surface area contributed by atoms with Crippen LogP contribution in [0.5, 0.6) is 0 Å². The number of hydrogen-bond donors (Lipinski definition) is 1. The average molecular weight is 344 g/mol. The van der Waals surface area contributed by atoms with Gasteiger partial charge in [-0.1, -0.05) is 35.9 Å². The third-order valence-electron chi connectivity index (χ3n) is 6.24. The van der Waals surface area contributed by atoms with Gasteiger partial charge in [-0.2, -0.15) is 0 Å². The van der Waals surface area contributed by atoms with Gasteiger partial charge in [0.25, 0.3) is 0 Å². The summed E-state index contributed by atoms with van der Waals surface area (Å²) in [5.41, 5.74) is 2.29. The Bertz CT molecular complexity index is 589. The predicted octanol–water partition coefficient (Wildman–Crippen LogP) is 4.55. The first-order valence-electron chi connectivity index (χ1n) is 9.60. The molecular formula is C21H29NOS. The van der Waals surface area contributed by atoms with E-state index in [9.17, 15) is 5.11 Å². The number of benzene rings is 1. The fourth-order valence-corrected chi connectivity index (χ4v) is 6.02. The lowest BCUT2D eigenvalue weighted by molar-refractivity contribution is -0.0266. The molecule has 2 aliphatic heterocycles. The van der Waals surface area contributed by atoms with Gasteiger partial charge in [-0.3, -0.25) is 0 Å². The minimum absolute atomic E-state index is 0.611. The molecular weight excluding hydrogens is 314 g/mol. The second-order valence-electron chi connectivity index (χ2n) is 7.66. The summed E-state index contributed by atoms with van der Waals surface area (Å²) < 4.78 is 0. The van der Waals surface area contributed by atoms with Crippen molar-refractivity contribution in [2.24, 2.45) is 5.92 Å². The highest BCUT2D eigenvalue weighted by Gasteiger charge is 2.34. The molecule has 0 spiro atoms. The van der Waals surface area contributed by atoms with Gasteiger partial charge >= 0.3 is 0 Å². The maximum Gasteiger partial charge on any atom is 0.0920 e. The minimum Gasteiger partial charge on any atom is -0.385 e. The second kappa shape index (κ2) is 7.23. The van der Waals surface area contributed by atoms with E-state index in [1.165, 1.54) is 44.4 Å². The van der Waals surface area contributed by atoms with Crippen molar-refractivity contribution in [1.82, 2.24) is 4.90 Å². The molecule has 0 bridgehead atoms. The SMILES string of the molecule is OC1(c2ccccc2)CCN(CCC2CCCC3=C2CCS3)CC1. The van der Waals surface area contributed by atoms with Crippen LogP contribution in [-0.4, -0.2) is 35.4 Å². The molecule has 1 saturated heterocycles. The van der Waals surface area contributed by atoms with E-state index in [1.54, 1.807) is 4.91 Å². The molecule has 24 heavy (non-hydrogen) atoms. The fraction of sp³-hybridized carbons (Fsp3) is 0.619. The van der Waals surface area contributed by atoms with Crippen LogP contribution in [0.25, 0.3) is 0 Å². The van der Waals surface area contributed by atoms with Gasteiger partial charge in [-0.25, -0.2) is 0 Å². The number of rotatable bonds is 4. The second-order valence-corrected chi connectivity index (χ2v) is 8.85. The molecule has 1 aromatic carbocycles. The average Bonchev–Trinajstić information content (AvgIpc) is 3.11. The summed E-state index contributed by atoms with van der Waals surface area (Å²) in [6.07, 6.45) is 8.55. The van der Waals surface area contributed by atoms with Crippen LogP contribution in [0.1, 0.15) is 50.5 Å². The molecule has 2 heterocycles. The highest BCUT2D eigenvalue weighted by Crippen LogP contribution is 2.45. The largest absolute Gasteiger partial charge is 0.385 e. The monoisotopic (exact) mass is 343 g/mol. The van der Waals surface area contributed by atoms with Crippen molar-refractivity contribution < 1.29 is 5.11 Å². The van der Waals surface area contributed by atoms with E-state index in [2.05, 4.69) is 28.8 Å². The van der Waals surface area contributed by atoms with Gasteiger partial charge in [0.15, 0.2) is 0 Å². The Hall–Kier alpha value is -0.770. The fourth-order valence-electron chi connectivity index (χ4n) is 4.70. The number of aliphatic hydroxyl groups is 1. The molecule has 4 rings (SSSR count). The zero-order chi connectivity index (χ0) is 16.4. The third-order valence-corrected chi connectivity index (χ3v) is 7.47. The number of thioether (sulfide) groups is 1. The van der Waals surface area contributed by atoms with Gasteiger partial charge in [-0.15, -0.1) is 11.8 Å². The van der Waals surface area contributed by atoms with Crippen LogP contribution in [0.3, 0.4) is 0 Å². The lowest BCUT2D eigenvalue weighted by Crippen LogP contribution is -2.43. The Balaban J connectivity index is 1.30. The Labute approximate surface area is 150 Å². The van der Waals surface area contributed by atoms with E-state index in [-0.39, 0.29) is 0 Å². The third kappa shape index (κ3) is 3.44. The van der Waals surface area contributed by atoms with E-state index in [0.717, 1.165) is 37.4 Å². The summed E-state index contributed by atoms with van der Waals surface area (Å²) in [6.45, 7) is 3.26. The van der Waals surface area contributed by atoms with Crippen molar-refractivity contribution in [1.29, 1.82) is 0 Å². The first-order chi connectivity index (χ1) is 11.7. The molecule has 0 radical (unpaired) electrons. The van der Waals surface area contributed by atoms with E-state index in [0.29, 0.717) is 0 Å². The topological polar surface area (TPSA) is 23.5 Å². The predicted molar refractivity (Wildman–Crippen MR) is 102 cm³/mol. The number of nitrogens with zero attached hydrogens (tertiary/aromatic N) is 1. The van der Waals surface area contributed by atoms with Gasteiger partial charge < -0.3 is 10.0 Å². The van der Waals surface area contributed by atoms with Gasteiger partial charge in [0.1, 0.15) is 0 Å². The smallest absolute Gasteiger partial charge is 0.0920 e. The standard InChI is InChI=1S/C21H29NOS/c23-21(18-6-2-1-3-7-18)11-14-22(15-12-21)13-9-17-5-4-8-20-19(17)10-16-24-20/h1-3,6-7,17,23H,4-5,8-16H2. The molecule has 1 unspecified atom stereocenters. The van der Waals surface area contributed by atoms with Crippen molar-refractivity contribution in [3.8, 4) is 0 Å². The van der Waals surface area contributed by atoms with Crippen LogP contribution in [-0.2, 0) is 5.60 Å². The molecule has 0 aromatic heterocycles. The zero-order valence-corrected chi connectivity index (χ0v) is 15.4. The van der Waals surface area contributed by atoms with Gasteiger partial charge in [0, 0.05) is 18.8 Å². The van der Waals surface area contributed by atoms with Crippen molar-refractivity contribution in [2.45, 2.75) is 50.5 Å². The van der Waals surface area contributed by atoms with E-state index in [1.807, 2.05) is 23.8 Å². The van der Waals surface area contributed by atoms with Crippen LogP contribution < -0.4 is 0 Å². The number of hydrogen-bond acceptors (Lipinski definition) is 3. The lowest BCUT2D eigenvalue weighted by atomic mass is 9.82. The molecule has 2 nitrogen and oxygen atoms in total. The van der Waals surface area contributed by atoms with Crippen LogP contribution >= 0.6 is 11.8 Å². The molecule has 1 aromatic rings. The Kier molecular flexibility index (Phi) is 5.03. The number of allylic oxidation sites excluding steroid dienone is 2. The summed E-state index contributed by atoms with van der Waals surface area (Å²) in [6, 6.07) is 10.2. The zero-order valence-electron chi connectivity index (χ0n) is 14.5. The summed E-state index contributed by atoms with van der Waals surface area (Å²) in [5, 5.41) is 11.0. The quantitative estimate of drug-likeness (QED) is 0.867. The van der Waals surface area contributed by atoms with E-state index >= 15 is 0 Å². The molecule has 130 valence electrons. The summed E-state index contributed by atoms with van der Waals surface area (Å²) in [4.78, 5) is 4.32. The maximum absolute atomic E-state index is 11.0. The Morgan fingerprint density at radius 1 is 1.12 bits per heavy atom.